The number of hydrogen-bond donors (Lipinski definition) is 1. The van der Waals surface area contributed by atoms with Crippen LogP contribution >= 0.6 is 23.2 Å². The van der Waals surface area contributed by atoms with E-state index in [4.69, 9.17) is 28.9 Å². The van der Waals surface area contributed by atoms with Gasteiger partial charge in [0, 0.05) is 22.2 Å². The second kappa shape index (κ2) is 6.32. The number of benzene rings is 2. The van der Waals surface area contributed by atoms with Gasteiger partial charge in [0.05, 0.1) is 4.90 Å². The van der Waals surface area contributed by atoms with Crippen molar-refractivity contribution < 1.29 is 12.8 Å². The Morgan fingerprint density at radius 2 is 1.71 bits per heavy atom. The van der Waals surface area contributed by atoms with Crippen molar-refractivity contribution in [2.24, 2.45) is 5.73 Å². The molecule has 0 spiro atoms. The average molecular weight is 348 g/mol. The van der Waals surface area contributed by atoms with E-state index >= 15 is 0 Å². The van der Waals surface area contributed by atoms with E-state index in [1.54, 1.807) is 0 Å². The largest absolute Gasteiger partial charge is 0.329 e. The fraction of sp³-hybridized carbons (Fsp3) is 0.143. The van der Waals surface area contributed by atoms with Crippen LogP contribution < -0.4 is 5.73 Å². The second-order valence-corrected chi connectivity index (χ2v) is 7.33. The van der Waals surface area contributed by atoms with Crippen LogP contribution in [0, 0.1) is 5.82 Å². The number of sulfone groups is 1. The first-order valence-corrected chi connectivity index (χ1v) is 8.31. The minimum atomic E-state index is -3.87. The Labute approximate surface area is 132 Å². The molecule has 0 bridgehead atoms. The molecule has 0 radical (unpaired) electrons. The van der Waals surface area contributed by atoms with Crippen LogP contribution in [0.1, 0.15) is 10.8 Å². The predicted octanol–water partition coefficient (Wildman–Crippen LogP) is 3.61. The lowest BCUT2D eigenvalue weighted by atomic mass is 10.1. The summed E-state index contributed by atoms with van der Waals surface area (Å²) in [5.41, 5.74) is 5.45. The van der Waals surface area contributed by atoms with E-state index in [1.165, 1.54) is 36.4 Å². The third kappa shape index (κ3) is 3.21. The molecule has 0 amide bonds. The standard InChI is InChI=1S/C14H12Cl2FNO2S/c15-9-4-6-10(7-5-9)21(19,20)13(8-18)14-11(16)2-1-3-12(14)17/h1-7,13H,8,18H2/t13-/m0/s1. The maximum atomic E-state index is 14.0. The summed E-state index contributed by atoms with van der Waals surface area (Å²) in [5.74, 6) is -0.699. The van der Waals surface area contributed by atoms with Crippen LogP contribution in [0.5, 0.6) is 0 Å². The third-order valence-corrected chi connectivity index (χ3v) is 5.74. The monoisotopic (exact) mass is 347 g/mol. The van der Waals surface area contributed by atoms with Crippen molar-refractivity contribution in [2.45, 2.75) is 10.1 Å². The summed E-state index contributed by atoms with van der Waals surface area (Å²) in [4.78, 5) is 0.0154. The van der Waals surface area contributed by atoms with Crippen LogP contribution in [-0.2, 0) is 9.84 Å². The molecular weight excluding hydrogens is 336 g/mol. The number of halogens is 3. The van der Waals surface area contributed by atoms with Gasteiger partial charge in [-0.2, -0.15) is 0 Å². The molecule has 0 aliphatic heterocycles. The van der Waals surface area contributed by atoms with Crippen LogP contribution in [-0.4, -0.2) is 15.0 Å². The van der Waals surface area contributed by atoms with Gasteiger partial charge in [0.15, 0.2) is 9.84 Å². The molecule has 0 saturated heterocycles. The van der Waals surface area contributed by atoms with Crippen molar-refractivity contribution >= 4 is 33.0 Å². The van der Waals surface area contributed by atoms with E-state index in [0.717, 1.165) is 6.07 Å². The van der Waals surface area contributed by atoms with Gasteiger partial charge in [-0.25, -0.2) is 12.8 Å². The fourth-order valence-corrected chi connectivity index (χ4v) is 4.14. The topological polar surface area (TPSA) is 60.2 Å². The first kappa shape index (κ1) is 16.2. The highest BCUT2D eigenvalue weighted by Gasteiger charge is 2.31. The number of hydrogen-bond acceptors (Lipinski definition) is 3. The van der Waals surface area contributed by atoms with Crippen molar-refractivity contribution in [2.75, 3.05) is 6.54 Å². The Bertz CT molecular complexity index is 728. The van der Waals surface area contributed by atoms with E-state index in [9.17, 15) is 12.8 Å². The Hall–Kier alpha value is -1.14. The van der Waals surface area contributed by atoms with Crippen LogP contribution in [0.2, 0.25) is 10.0 Å². The van der Waals surface area contributed by atoms with Crippen LogP contribution in [0.3, 0.4) is 0 Å². The summed E-state index contributed by atoms with van der Waals surface area (Å²) in [5, 5.41) is -0.822. The quantitative estimate of drug-likeness (QED) is 0.918. The van der Waals surface area contributed by atoms with Crippen LogP contribution in [0.15, 0.2) is 47.4 Å². The molecular formula is C14H12Cl2FNO2S. The second-order valence-electron chi connectivity index (χ2n) is 4.36. The molecule has 0 aliphatic rings. The molecule has 1 atom stereocenters. The molecule has 2 N–H and O–H groups in total. The molecule has 0 unspecified atom stereocenters. The third-order valence-electron chi connectivity index (χ3n) is 3.05. The summed E-state index contributed by atoms with van der Waals surface area (Å²) in [6.07, 6.45) is 0. The summed E-state index contributed by atoms with van der Waals surface area (Å²) in [6.45, 7) is -0.286. The molecule has 2 rings (SSSR count). The van der Waals surface area contributed by atoms with Crippen molar-refractivity contribution in [1.29, 1.82) is 0 Å². The highest BCUT2D eigenvalue weighted by atomic mass is 35.5. The number of rotatable bonds is 4. The Balaban J connectivity index is 2.57. The van der Waals surface area contributed by atoms with Crippen molar-refractivity contribution in [3.63, 3.8) is 0 Å². The zero-order valence-corrected chi connectivity index (χ0v) is 13.1. The first-order valence-electron chi connectivity index (χ1n) is 6.01. The van der Waals surface area contributed by atoms with Gasteiger partial charge < -0.3 is 5.73 Å². The van der Waals surface area contributed by atoms with Gasteiger partial charge in [-0.3, -0.25) is 0 Å². The molecule has 0 saturated carbocycles. The summed E-state index contributed by atoms with van der Waals surface area (Å²) >= 11 is 11.7. The molecule has 0 fully saturated rings. The highest BCUT2D eigenvalue weighted by molar-refractivity contribution is 7.91. The molecule has 3 nitrogen and oxygen atoms in total. The average Bonchev–Trinajstić information content (AvgIpc) is 2.43. The van der Waals surface area contributed by atoms with E-state index in [2.05, 4.69) is 0 Å². The van der Waals surface area contributed by atoms with Gasteiger partial charge in [0.25, 0.3) is 0 Å². The zero-order chi connectivity index (χ0) is 15.6. The lowest BCUT2D eigenvalue weighted by Crippen LogP contribution is -2.23. The molecule has 21 heavy (non-hydrogen) atoms. The maximum absolute atomic E-state index is 14.0. The summed E-state index contributed by atoms with van der Waals surface area (Å²) in [7, 11) is -3.87. The normalized spacial score (nSPS) is 13.1. The van der Waals surface area contributed by atoms with E-state index in [1.807, 2.05) is 0 Å². The molecule has 2 aromatic carbocycles. The highest BCUT2D eigenvalue weighted by Crippen LogP contribution is 2.34. The van der Waals surface area contributed by atoms with Crippen LogP contribution in [0.4, 0.5) is 4.39 Å². The van der Waals surface area contributed by atoms with Crippen molar-refractivity contribution in [3.05, 3.63) is 63.9 Å². The van der Waals surface area contributed by atoms with Crippen molar-refractivity contribution in [1.82, 2.24) is 0 Å². The Morgan fingerprint density at radius 1 is 1.10 bits per heavy atom. The minimum absolute atomic E-state index is 0.0154. The molecule has 0 aliphatic carbocycles. The lowest BCUT2D eigenvalue weighted by Gasteiger charge is -2.18. The predicted molar refractivity (Wildman–Crippen MR) is 81.8 cm³/mol. The van der Waals surface area contributed by atoms with Crippen LogP contribution in [0.25, 0.3) is 0 Å². The molecule has 112 valence electrons. The number of nitrogens with two attached hydrogens (primary N) is 1. The van der Waals surface area contributed by atoms with Gasteiger partial charge in [0.2, 0.25) is 0 Å². The lowest BCUT2D eigenvalue weighted by molar-refractivity contribution is 0.568. The SMILES string of the molecule is NC[C@@H](c1c(F)cccc1Cl)S(=O)(=O)c1ccc(Cl)cc1. The van der Waals surface area contributed by atoms with E-state index in [0.29, 0.717) is 5.02 Å². The van der Waals surface area contributed by atoms with Gasteiger partial charge in [0.1, 0.15) is 11.1 Å². The molecule has 0 aromatic heterocycles. The van der Waals surface area contributed by atoms with Gasteiger partial charge in [-0.1, -0.05) is 29.3 Å². The maximum Gasteiger partial charge on any atom is 0.186 e. The smallest absolute Gasteiger partial charge is 0.186 e. The Kier molecular flexibility index (Phi) is 4.88. The van der Waals surface area contributed by atoms with Gasteiger partial charge in [-0.05, 0) is 36.4 Å². The van der Waals surface area contributed by atoms with Gasteiger partial charge >= 0.3 is 0 Å². The zero-order valence-electron chi connectivity index (χ0n) is 10.8. The Morgan fingerprint density at radius 3 is 2.24 bits per heavy atom. The van der Waals surface area contributed by atoms with Gasteiger partial charge in [-0.15, -0.1) is 0 Å². The van der Waals surface area contributed by atoms with E-state index < -0.39 is 20.9 Å². The van der Waals surface area contributed by atoms with Crippen molar-refractivity contribution in [3.8, 4) is 0 Å². The van der Waals surface area contributed by atoms with E-state index in [-0.39, 0.29) is 22.0 Å². The first-order chi connectivity index (χ1) is 9.87. The molecule has 0 heterocycles. The fourth-order valence-electron chi connectivity index (χ4n) is 2.01. The summed E-state index contributed by atoms with van der Waals surface area (Å²) < 4.78 is 39.2. The summed E-state index contributed by atoms with van der Waals surface area (Å²) in [6, 6.07) is 9.60. The molecule has 7 heteroatoms. The minimum Gasteiger partial charge on any atom is -0.329 e. The molecule has 2 aromatic rings.